The van der Waals surface area contributed by atoms with E-state index in [-0.39, 0.29) is 28.6 Å². The summed E-state index contributed by atoms with van der Waals surface area (Å²) < 4.78 is 11.3. The molecule has 1 saturated heterocycles. The third-order valence-electron chi connectivity index (χ3n) is 7.01. The van der Waals surface area contributed by atoms with E-state index in [0.29, 0.717) is 25.3 Å². The number of hydrogen-bond acceptors (Lipinski definition) is 8. The SMILES string of the molecule is CCCCCCC1CCCC2(C1)OC(=O)C(=NNc1cccc3c1C(=O)N(CC(C)C)C3=O)C(=O)O2. The molecule has 1 spiro atoms. The molecule has 2 heterocycles. The molecule has 0 aromatic heterocycles. The average Bonchev–Trinajstić information content (AvgIpc) is 3.06. The van der Waals surface area contributed by atoms with E-state index in [1.807, 2.05) is 13.8 Å². The van der Waals surface area contributed by atoms with E-state index < -0.39 is 29.3 Å². The smallest absolute Gasteiger partial charge is 0.369 e. The molecule has 9 nitrogen and oxygen atoms in total. The number of anilines is 1. The summed E-state index contributed by atoms with van der Waals surface area (Å²) in [6.07, 6.45) is 8.53. The van der Waals surface area contributed by atoms with Crippen LogP contribution >= 0.6 is 0 Å². The Labute approximate surface area is 211 Å². The van der Waals surface area contributed by atoms with E-state index in [9.17, 15) is 19.2 Å². The third kappa shape index (κ3) is 5.29. The Balaban J connectivity index is 1.45. The standard InChI is InChI=1S/C27H35N3O6/c1-4-5-6-7-10-18-11-9-14-27(15-18)35-25(33)22(26(34)36-27)29-28-20-13-8-12-19-21(20)24(32)30(23(19)31)16-17(2)3/h8,12-13,17-18,28H,4-7,9-11,14-16H2,1-3H3. The van der Waals surface area contributed by atoms with Crippen LogP contribution in [0.1, 0.15) is 99.3 Å². The summed E-state index contributed by atoms with van der Waals surface area (Å²) in [5, 5.41) is 3.94. The van der Waals surface area contributed by atoms with Gasteiger partial charge in [-0.3, -0.25) is 19.9 Å². The van der Waals surface area contributed by atoms with Crippen molar-refractivity contribution in [1.29, 1.82) is 0 Å². The third-order valence-corrected chi connectivity index (χ3v) is 7.01. The lowest BCUT2D eigenvalue weighted by molar-refractivity contribution is -0.242. The number of amides is 2. The number of hydrogen-bond donors (Lipinski definition) is 1. The Morgan fingerprint density at radius 2 is 1.83 bits per heavy atom. The van der Waals surface area contributed by atoms with E-state index in [1.165, 1.54) is 24.2 Å². The highest BCUT2D eigenvalue weighted by molar-refractivity contribution is 6.63. The molecule has 0 radical (unpaired) electrons. The van der Waals surface area contributed by atoms with Crippen molar-refractivity contribution < 1.29 is 28.7 Å². The van der Waals surface area contributed by atoms with Gasteiger partial charge in [-0.2, -0.15) is 5.10 Å². The molecule has 4 rings (SSSR count). The van der Waals surface area contributed by atoms with E-state index in [1.54, 1.807) is 18.2 Å². The molecule has 1 aromatic carbocycles. The number of ether oxygens (including phenoxy) is 2. The lowest BCUT2D eigenvalue weighted by Gasteiger charge is -2.41. The largest absolute Gasteiger partial charge is 0.417 e. The van der Waals surface area contributed by atoms with Crippen LogP contribution in [-0.2, 0) is 19.1 Å². The van der Waals surface area contributed by atoms with E-state index >= 15 is 0 Å². The summed E-state index contributed by atoms with van der Waals surface area (Å²) >= 11 is 0. The first-order chi connectivity index (χ1) is 17.2. The molecule has 2 aliphatic heterocycles. The monoisotopic (exact) mass is 497 g/mol. The fourth-order valence-corrected chi connectivity index (χ4v) is 5.30. The van der Waals surface area contributed by atoms with Crippen LogP contribution in [0.3, 0.4) is 0 Å². The van der Waals surface area contributed by atoms with Gasteiger partial charge in [-0.05, 0) is 36.8 Å². The highest BCUT2D eigenvalue weighted by Crippen LogP contribution is 2.40. The Bertz CT molecular complexity index is 1060. The summed E-state index contributed by atoms with van der Waals surface area (Å²) in [5.41, 5.74) is 2.77. The molecule has 3 aliphatic rings. The molecule has 1 unspecified atom stereocenters. The van der Waals surface area contributed by atoms with Crippen LogP contribution in [0.5, 0.6) is 0 Å². The molecule has 1 atom stereocenters. The zero-order valence-electron chi connectivity index (χ0n) is 21.3. The molecule has 2 amide bonds. The van der Waals surface area contributed by atoms with Crippen LogP contribution in [0.4, 0.5) is 5.69 Å². The Hall–Kier alpha value is -3.23. The van der Waals surface area contributed by atoms with Crippen LogP contribution in [0.25, 0.3) is 0 Å². The van der Waals surface area contributed by atoms with Crippen molar-refractivity contribution in [3.63, 3.8) is 0 Å². The van der Waals surface area contributed by atoms with Gasteiger partial charge >= 0.3 is 11.9 Å². The molecule has 2 fully saturated rings. The number of fused-ring (bicyclic) bond motifs is 1. The lowest BCUT2D eigenvalue weighted by atomic mass is 9.81. The highest BCUT2D eigenvalue weighted by atomic mass is 16.7. The van der Waals surface area contributed by atoms with Gasteiger partial charge in [0.2, 0.25) is 0 Å². The Morgan fingerprint density at radius 3 is 2.53 bits per heavy atom. The van der Waals surface area contributed by atoms with Gasteiger partial charge in [0.15, 0.2) is 0 Å². The van der Waals surface area contributed by atoms with Gasteiger partial charge in [0, 0.05) is 19.4 Å². The van der Waals surface area contributed by atoms with Crippen LogP contribution in [-0.4, -0.2) is 46.7 Å². The van der Waals surface area contributed by atoms with Crippen LogP contribution in [0, 0.1) is 11.8 Å². The summed E-state index contributed by atoms with van der Waals surface area (Å²) in [5.74, 6) is -3.28. The molecule has 9 heteroatoms. The molecular formula is C27H35N3O6. The number of nitrogens with zero attached hydrogens (tertiary/aromatic N) is 2. The van der Waals surface area contributed by atoms with Gasteiger partial charge in [0.25, 0.3) is 23.3 Å². The van der Waals surface area contributed by atoms with E-state index in [4.69, 9.17) is 9.47 Å². The average molecular weight is 498 g/mol. The van der Waals surface area contributed by atoms with Gasteiger partial charge in [0.05, 0.1) is 16.8 Å². The number of imide groups is 1. The van der Waals surface area contributed by atoms with Crippen molar-refractivity contribution in [2.24, 2.45) is 16.9 Å². The zero-order chi connectivity index (χ0) is 25.9. The van der Waals surface area contributed by atoms with Gasteiger partial charge < -0.3 is 9.47 Å². The maximum atomic E-state index is 12.9. The molecule has 36 heavy (non-hydrogen) atoms. The fraction of sp³-hybridized carbons (Fsp3) is 0.593. The van der Waals surface area contributed by atoms with Crippen LogP contribution in [0.15, 0.2) is 23.3 Å². The second-order valence-electron chi connectivity index (χ2n) is 10.4. The van der Waals surface area contributed by atoms with Gasteiger partial charge in [-0.15, -0.1) is 0 Å². The first-order valence-electron chi connectivity index (χ1n) is 13.0. The minimum Gasteiger partial charge on any atom is -0.417 e. The quantitative estimate of drug-likeness (QED) is 0.228. The van der Waals surface area contributed by atoms with Gasteiger partial charge in [-0.1, -0.05) is 58.9 Å². The topological polar surface area (TPSA) is 114 Å². The van der Waals surface area contributed by atoms with E-state index in [0.717, 1.165) is 25.7 Å². The summed E-state index contributed by atoms with van der Waals surface area (Å²) in [6, 6.07) is 4.75. The fourth-order valence-electron chi connectivity index (χ4n) is 5.30. The van der Waals surface area contributed by atoms with Gasteiger partial charge in [0.1, 0.15) is 0 Å². The van der Waals surface area contributed by atoms with Crippen LogP contribution in [0.2, 0.25) is 0 Å². The van der Waals surface area contributed by atoms with Crippen molar-refractivity contribution >= 4 is 35.2 Å². The lowest BCUT2D eigenvalue weighted by Crippen LogP contribution is -2.52. The van der Waals surface area contributed by atoms with Crippen LogP contribution < -0.4 is 5.43 Å². The molecule has 1 saturated carbocycles. The number of esters is 2. The Kier molecular flexibility index (Phi) is 7.76. The second kappa shape index (κ2) is 10.8. The number of rotatable bonds is 9. The van der Waals surface area contributed by atoms with Crippen molar-refractivity contribution in [3.05, 3.63) is 29.3 Å². The van der Waals surface area contributed by atoms with E-state index in [2.05, 4.69) is 17.5 Å². The maximum Gasteiger partial charge on any atom is 0.369 e. The van der Waals surface area contributed by atoms with Gasteiger partial charge in [-0.25, -0.2) is 9.59 Å². The van der Waals surface area contributed by atoms with Crippen molar-refractivity contribution in [2.75, 3.05) is 12.0 Å². The predicted molar refractivity (Wildman–Crippen MR) is 133 cm³/mol. The Morgan fingerprint density at radius 1 is 1.08 bits per heavy atom. The number of unbranched alkanes of at least 4 members (excludes halogenated alkanes) is 3. The minimum absolute atomic E-state index is 0.110. The number of carbonyl (C=O) groups excluding carboxylic acids is 4. The van der Waals surface area contributed by atoms with Crippen molar-refractivity contribution in [2.45, 2.75) is 84.3 Å². The number of benzene rings is 1. The summed E-state index contributed by atoms with van der Waals surface area (Å²) in [7, 11) is 0. The molecule has 1 N–H and O–H groups in total. The molecule has 1 aliphatic carbocycles. The molecule has 1 aromatic rings. The normalized spacial score (nSPS) is 23.7. The first kappa shape index (κ1) is 25.9. The molecule has 194 valence electrons. The van der Waals surface area contributed by atoms with Crippen molar-refractivity contribution in [3.8, 4) is 0 Å². The van der Waals surface area contributed by atoms with Crippen molar-refractivity contribution in [1.82, 2.24) is 4.90 Å². The maximum absolute atomic E-state index is 12.9. The first-order valence-corrected chi connectivity index (χ1v) is 13.0. The minimum atomic E-state index is -1.23. The zero-order valence-corrected chi connectivity index (χ0v) is 21.3. The highest BCUT2D eigenvalue weighted by Gasteiger charge is 2.50. The molecular weight excluding hydrogens is 462 g/mol. The predicted octanol–water partition coefficient (Wildman–Crippen LogP) is 4.66. The molecule has 0 bridgehead atoms. The second-order valence-corrected chi connectivity index (χ2v) is 10.4. The number of nitrogens with one attached hydrogen (secondary N) is 1. The number of carbonyl (C=O) groups is 4. The summed E-state index contributed by atoms with van der Waals surface area (Å²) in [6.45, 7) is 6.31. The summed E-state index contributed by atoms with van der Waals surface area (Å²) in [4.78, 5) is 52.4. The number of hydrazone groups is 1.